The summed E-state index contributed by atoms with van der Waals surface area (Å²) >= 11 is 8.50. The summed E-state index contributed by atoms with van der Waals surface area (Å²) in [5.41, 5.74) is 7.52. The Kier molecular flexibility index (Phi) is 5.36. The van der Waals surface area contributed by atoms with E-state index in [2.05, 4.69) is 34.7 Å². The van der Waals surface area contributed by atoms with Crippen molar-refractivity contribution < 1.29 is 5.11 Å². The zero-order valence-corrected chi connectivity index (χ0v) is 12.4. The molecule has 0 unspecified atom stereocenters. The molecule has 0 aliphatic rings. The van der Waals surface area contributed by atoms with E-state index in [4.69, 9.17) is 23.1 Å². The second kappa shape index (κ2) is 6.33. The van der Waals surface area contributed by atoms with Crippen LogP contribution in [0, 0.1) is 0 Å². The lowest BCUT2D eigenvalue weighted by atomic mass is 10.1. The second-order valence-electron chi connectivity index (χ2n) is 4.04. The van der Waals surface area contributed by atoms with Gasteiger partial charge in [-0.1, -0.05) is 28.1 Å². The van der Waals surface area contributed by atoms with Crippen molar-refractivity contribution in [1.82, 2.24) is 0 Å². The van der Waals surface area contributed by atoms with Gasteiger partial charge >= 0.3 is 0 Å². The summed E-state index contributed by atoms with van der Waals surface area (Å²) in [6, 6.07) is 6.05. The predicted molar refractivity (Wildman–Crippen MR) is 79.6 cm³/mol. The zero-order chi connectivity index (χ0) is 13.0. The van der Waals surface area contributed by atoms with Crippen LogP contribution in [0.15, 0.2) is 22.7 Å². The van der Waals surface area contributed by atoms with E-state index in [0.717, 1.165) is 15.7 Å². The first-order valence-corrected chi connectivity index (χ1v) is 6.64. The Labute approximate surface area is 116 Å². The van der Waals surface area contributed by atoms with Gasteiger partial charge in [0.05, 0.1) is 6.61 Å². The Morgan fingerprint density at radius 1 is 1.53 bits per heavy atom. The molecule has 17 heavy (non-hydrogen) atoms. The molecule has 3 N–H and O–H groups in total. The molecule has 0 heterocycles. The first-order chi connectivity index (χ1) is 7.97. The van der Waals surface area contributed by atoms with E-state index < -0.39 is 0 Å². The van der Waals surface area contributed by atoms with Crippen LogP contribution >= 0.6 is 28.1 Å². The Balaban J connectivity index is 3.24. The minimum atomic E-state index is 0.0987. The molecule has 0 aromatic heterocycles. The van der Waals surface area contributed by atoms with Crippen molar-refractivity contribution in [2.75, 3.05) is 18.1 Å². The molecule has 0 atom stereocenters. The van der Waals surface area contributed by atoms with E-state index in [9.17, 15) is 0 Å². The first kappa shape index (κ1) is 14.4. The fourth-order valence-electron chi connectivity index (χ4n) is 1.72. The molecule has 0 amide bonds. The van der Waals surface area contributed by atoms with Crippen molar-refractivity contribution in [3.63, 3.8) is 0 Å². The maximum atomic E-state index is 9.13. The number of hydrogen-bond donors (Lipinski definition) is 2. The van der Waals surface area contributed by atoms with Crippen LogP contribution < -0.4 is 10.6 Å². The quantitative estimate of drug-likeness (QED) is 0.818. The first-order valence-electron chi connectivity index (χ1n) is 5.44. The molecule has 1 rings (SSSR count). The third-order valence-electron chi connectivity index (χ3n) is 2.50. The number of halogens is 1. The lowest BCUT2D eigenvalue weighted by molar-refractivity contribution is 0.299. The van der Waals surface area contributed by atoms with Gasteiger partial charge in [0.15, 0.2) is 0 Å². The Morgan fingerprint density at radius 2 is 2.18 bits per heavy atom. The fraction of sp³-hybridized carbons (Fsp3) is 0.417. The summed E-state index contributed by atoms with van der Waals surface area (Å²) in [5, 5.41) is 9.13. The summed E-state index contributed by atoms with van der Waals surface area (Å²) < 4.78 is 0.969. The summed E-state index contributed by atoms with van der Waals surface area (Å²) in [6.45, 7) is 4.80. The molecule has 0 fully saturated rings. The van der Waals surface area contributed by atoms with E-state index in [1.165, 1.54) is 0 Å². The van der Waals surface area contributed by atoms with Crippen LogP contribution in [0.2, 0.25) is 0 Å². The largest absolute Gasteiger partial charge is 0.395 e. The highest BCUT2D eigenvalue weighted by Gasteiger charge is 2.15. The van der Waals surface area contributed by atoms with Crippen LogP contribution in [0.5, 0.6) is 0 Å². The van der Waals surface area contributed by atoms with Gasteiger partial charge in [-0.05, 0) is 32.0 Å². The molecule has 0 aliphatic carbocycles. The third-order valence-corrected chi connectivity index (χ3v) is 3.21. The Bertz CT molecular complexity index is 409. The van der Waals surface area contributed by atoms with Gasteiger partial charge in [0.25, 0.3) is 0 Å². The fourth-order valence-corrected chi connectivity index (χ4v) is 2.24. The summed E-state index contributed by atoms with van der Waals surface area (Å²) in [5.74, 6) is 0. The maximum absolute atomic E-state index is 9.13. The van der Waals surface area contributed by atoms with Gasteiger partial charge in [0, 0.05) is 28.3 Å². The predicted octanol–water partition coefficient (Wildman–Crippen LogP) is 2.29. The van der Waals surface area contributed by atoms with Crippen LogP contribution in [-0.4, -0.2) is 29.3 Å². The minimum absolute atomic E-state index is 0.0987. The molecule has 0 bridgehead atoms. The van der Waals surface area contributed by atoms with Crippen molar-refractivity contribution >= 4 is 38.8 Å². The second-order valence-corrected chi connectivity index (χ2v) is 5.39. The van der Waals surface area contributed by atoms with Gasteiger partial charge in [-0.25, -0.2) is 0 Å². The van der Waals surface area contributed by atoms with Crippen molar-refractivity contribution in [2.24, 2.45) is 5.73 Å². The number of hydrogen-bond acceptors (Lipinski definition) is 3. The number of aliphatic hydroxyl groups is 1. The lowest BCUT2D eigenvalue weighted by Crippen LogP contribution is -2.35. The summed E-state index contributed by atoms with van der Waals surface area (Å²) in [6.07, 6.45) is 0. The topological polar surface area (TPSA) is 49.5 Å². The highest BCUT2D eigenvalue weighted by atomic mass is 79.9. The van der Waals surface area contributed by atoms with Crippen molar-refractivity contribution in [1.29, 1.82) is 0 Å². The van der Waals surface area contributed by atoms with Gasteiger partial charge < -0.3 is 15.7 Å². The Hall–Kier alpha value is -0.650. The molecule has 0 radical (unpaired) electrons. The molecule has 0 aliphatic heterocycles. The number of anilines is 1. The number of benzene rings is 1. The number of nitrogens with zero attached hydrogens (tertiary/aromatic N) is 1. The molecule has 0 spiro atoms. The highest BCUT2D eigenvalue weighted by molar-refractivity contribution is 9.10. The number of aliphatic hydroxyl groups excluding tert-OH is 1. The van der Waals surface area contributed by atoms with E-state index in [1.54, 1.807) is 0 Å². The molecule has 1 aromatic rings. The summed E-state index contributed by atoms with van der Waals surface area (Å²) in [4.78, 5) is 2.45. The number of thiocarbonyl (C=S) groups is 1. The molecule has 5 heteroatoms. The van der Waals surface area contributed by atoms with Gasteiger partial charge in [-0.15, -0.1) is 0 Å². The smallest absolute Gasteiger partial charge is 0.106 e. The van der Waals surface area contributed by atoms with Crippen molar-refractivity contribution in [3.05, 3.63) is 28.2 Å². The van der Waals surface area contributed by atoms with E-state index in [-0.39, 0.29) is 12.6 Å². The van der Waals surface area contributed by atoms with Crippen molar-refractivity contribution in [2.45, 2.75) is 19.9 Å². The normalized spacial score (nSPS) is 10.6. The molecular formula is C12H17BrN2OS. The maximum Gasteiger partial charge on any atom is 0.106 e. The Morgan fingerprint density at radius 3 is 2.65 bits per heavy atom. The average Bonchev–Trinajstić information content (AvgIpc) is 2.24. The van der Waals surface area contributed by atoms with Crippen LogP contribution in [0.3, 0.4) is 0 Å². The average molecular weight is 317 g/mol. The van der Waals surface area contributed by atoms with Crippen molar-refractivity contribution in [3.8, 4) is 0 Å². The number of rotatable bonds is 5. The molecule has 94 valence electrons. The van der Waals surface area contributed by atoms with Crippen LogP contribution in [0.4, 0.5) is 5.69 Å². The molecule has 0 saturated heterocycles. The lowest BCUT2D eigenvalue weighted by Gasteiger charge is -2.30. The minimum Gasteiger partial charge on any atom is -0.395 e. The monoisotopic (exact) mass is 316 g/mol. The van der Waals surface area contributed by atoms with Gasteiger partial charge in [-0.2, -0.15) is 0 Å². The molecule has 1 aromatic carbocycles. The van der Waals surface area contributed by atoms with E-state index in [0.29, 0.717) is 11.5 Å². The van der Waals surface area contributed by atoms with Gasteiger partial charge in [-0.3, -0.25) is 0 Å². The van der Waals surface area contributed by atoms with E-state index in [1.807, 2.05) is 18.2 Å². The zero-order valence-electron chi connectivity index (χ0n) is 9.98. The highest BCUT2D eigenvalue weighted by Crippen LogP contribution is 2.26. The molecular weight excluding hydrogens is 300 g/mol. The standard InChI is InChI=1S/C12H17BrN2OS/c1-8(2)15(5-6-16)11-7-9(13)3-4-10(11)12(14)17/h3-4,7-8,16H,5-6H2,1-2H3,(H2,14,17). The van der Waals surface area contributed by atoms with Crippen LogP contribution in [0.25, 0.3) is 0 Å². The molecule has 0 saturated carbocycles. The van der Waals surface area contributed by atoms with E-state index >= 15 is 0 Å². The molecule has 3 nitrogen and oxygen atoms in total. The number of nitrogens with two attached hydrogens (primary N) is 1. The van der Waals surface area contributed by atoms with Gasteiger partial charge in [0.2, 0.25) is 0 Å². The van der Waals surface area contributed by atoms with Crippen LogP contribution in [-0.2, 0) is 0 Å². The third kappa shape index (κ3) is 3.66. The SMILES string of the molecule is CC(C)N(CCO)c1cc(Br)ccc1C(N)=S. The van der Waals surface area contributed by atoms with Crippen LogP contribution in [0.1, 0.15) is 19.4 Å². The summed E-state index contributed by atoms with van der Waals surface area (Å²) in [7, 11) is 0. The van der Waals surface area contributed by atoms with Gasteiger partial charge in [0.1, 0.15) is 4.99 Å².